The summed E-state index contributed by atoms with van der Waals surface area (Å²) in [5, 5.41) is 0.891. The van der Waals surface area contributed by atoms with Crippen molar-refractivity contribution in [2.24, 2.45) is 11.8 Å². The van der Waals surface area contributed by atoms with E-state index in [1.54, 1.807) is 35.8 Å². The highest BCUT2D eigenvalue weighted by atomic mass is 35.5. The molecule has 67 heavy (non-hydrogen) atoms. The van der Waals surface area contributed by atoms with Crippen LogP contribution in [-0.2, 0) is 51.3 Å². The predicted molar refractivity (Wildman–Crippen MR) is 258 cm³/mol. The highest BCUT2D eigenvalue weighted by Crippen LogP contribution is 2.49. The highest BCUT2D eigenvalue weighted by molar-refractivity contribution is 7.99. The number of hydrogen-bond acceptors (Lipinski definition) is 11. The van der Waals surface area contributed by atoms with Crippen LogP contribution in [0.3, 0.4) is 0 Å². The second-order valence-corrected chi connectivity index (χ2v) is 19.0. The molecule has 2 amide bonds. The fourth-order valence-corrected chi connectivity index (χ4v) is 10.7. The Kier molecular flexibility index (Phi) is 16.1. The molecule has 0 atom stereocenters. The smallest absolute Gasteiger partial charge is 0.309 e. The van der Waals surface area contributed by atoms with E-state index in [0.29, 0.717) is 135 Å². The van der Waals surface area contributed by atoms with Crippen molar-refractivity contribution in [3.8, 4) is 33.8 Å². The summed E-state index contributed by atoms with van der Waals surface area (Å²) >= 11 is 30.0. The second-order valence-electron chi connectivity index (χ2n) is 16.4. The lowest BCUT2D eigenvalue weighted by Gasteiger charge is -2.30. The molecule has 4 heterocycles. The SMILES string of the molecule is CCOC(=O)C1CCN(C(=O)/C=C/c2c(-c3ccc4c(c3)CCOO4)cc(Sc3cc(-c4ccc5c(c4)CCOO5)c(/C=C/C(=O)N4CCC(C(=O)OCC)CC4)c(Cl)c3Cl)c(Cl)c2Cl)CC1. The van der Waals surface area contributed by atoms with Crippen molar-refractivity contribution in [2.75, 3.05) is 52.6 Å². The summed E-state index contributed by atoms with van der Waals surface area (Å²) in [6, 6.07) is 15.3. The monoisotopic (exact) mass is 1010 g/mol. The lowest BCUT2D eigenvalue weighted by Crippen LogP contribution is -2.39. The molecule has 8 rings (SSSR count). The highest BCUT2D eigenvalue weighted by Gasteiger charge is 2.30. The maximum absolute atomic E-state index is 13.6. The van der Waals surface area contributed by atoms with Crippen molar-refractivity contribution in [1.82, 2.24) is 9.80 Å². The standard InChI is InChI=1S/C50H48Cl4N2O10S/c1-3-61-49(59)29-13-19-55(20-14-29)43(57)11-7-35-37(31-5-9-39-33(25-31)17-23-63-65-39)27-41(47(53)45(35)51)67-42-28-38(32-6-10-40-34(26-32)18-24-64-66-40)36(46(52)48(42)54)8-12-44(58)56-21-15-30(16-22-56)50(60)62-4-2/h5-12,25-30H,3-4,13-24H2,1-2H3/b11-7+,12-8+. The lowest BCUT2D eigenvalue weighted by atomic mass is 9.95. The Balaban J connectivity index is 1.14. The summed E-state index contributed by atoms with van der Waals surface area (Å²) in [7, 11) is 0. The maximum atomic E-state index is 13.6. The van der Waals surface area contributed by atoms with Crippen LogP contribution < -0.4 is 9.78 Å². The quantitative estimate of drug-likeness (QED) is 0.0764. The molecule has 0 aromatic heterocycles. The molecule has 0 bridgehead atoms. The minimum Gasteiger partial charge on any atom is -0.466 e. The first-order valence-corrected chi connectivity index (χ1v) is 24.6. The molecule has 4 aliphatic heterocycles. The van der Waals surface area contributed by atoms with Crippen LogP contribution in [0.5, 0.6) is 11.5 Å². The molecule has 12 nitrogen and oxygen atoms in total. The third kappa shape index (κ3) is 11.1. The first-order chi connectivity index (χ1) is 32.4. The van der Waals surface area contributed by atoms with Crippen LogP contribution in [0.2, 0.25) is 20.1 Å². The van der Waals surface area contributed by atoms with Gasteiger partial charge in [0.15, 0.2) is 11.5 Å². The largest absolute Gasteiger partial charge is 0.466 e. The van der Waals surface area contributed by atoms with Crippen LogP contribution in [0.15, 0.2) is 70.5 Å². The van der Waals surface area contributed by atoms with Gasteiger partial charge in [-0.05, 0) is 110 Å². The van der Waals surface area contributed by atoms with Crippen molar-refractivity contribution < 1.29 is 48.2 Å². The van der Waals surface area contributed by atoms with Crippen LogP contribution in [0.4, 0.5) is 0 Å². The third-order valence-corrected chi connectivity index (χ3v) is 15.3. The zero-order chi connectivity index (χ0) is 47.2. The Hall–Kier alpha value is -4.73. The number of ether oxygens (including phenoxy) is 2. The summed E-state index contributed by atoms with van der Waals surface area (Å²) in [5.74, 6) is -0.188. The molecule has 0 N–H and O–H groups in total. The normalized spacial score (nSPS) is 16.6. The van der Waals surface area contributed by atoms with E-state index in [1.807, 2.05) is 48.5 Å². The Morgan fingerprint density at radius 1 is 0.612 bits per heavy atom. The van der Waals surface area contributed by atoms with Crippen LogP contribution in [0.25, 0.3) is 34.4 Å². The van der Waals surface area contributed by atoms with Crippen molar-refractivity contribution >= 4 is 94.1 Å². The molecular weight excluding hydrogens is 962 g/mol. The maximum Gasteiger partial charge on any atom is 0.309 e. The molecule has 0 saturated carbocycles. The van der Waals surface area contributed by atoms with Crippen molar-refractivity contribution in [3.63, 3.8) is 0 Å². The summed E-state index contributed by atoms with van der Waals surface area (Å²) in [6.45, 7) is 6.61. The molecular formula is C50H48Cl4N2O10S. The number of carbonyl (C=O) groups excluding carboxylic acids is 4. The topological polar surface area (TPSA) is 130 Å². The van der Waals surface area contributed by atoms with Gasteiger partial charge in [-0.15, -0.1) is 0 Å². The first-order valence-electron chi connectivity index (χ1n) is 22.3. The van der Waals surface area contributed by atoms with E-state index in [-0.39, 0.29) is 55.7 Å². The van der Waals surface area contributed by atoms with E-state index in [0.717, 1.165) is 22.3 Å². The number of hydrogen-bond donors (Lipinski definition) is 0. The molecule has 4 aliphatic rings. The Morgan fingerprint density at radius 3 is 1.40 bits per heavy atom. The number of amides is 2. The van der Waals surface area contributed by atoms with Crippen LogP contribution in [0.1, 0.15) is 61.8 Å². The zero-order valence-electron chi connectivity index (χ0n) is 36.9. The minimum atomic E-state index is -0.241. The molecule has 4 aromatic rings. The molecule has 17 heteroatoms. The number of piperidine rings is 2. The predicted octanol–water partition coefficient (Wildman–Crippen LogP) is 11.1. The molecule has 0 radical (unpaired) electrons. The van der Waals surface area contributed by atoms with Gasteiger partial charge in [0.05, 0.1) is 58.4 Å². The van der Waals surface area contributed by atoms with Crippen molar-refractivity contribution in [2.45, 2.75) is 62.2 Å². The third-order valence-electron chi connectivity index (χ3n) is 12.2. The average Bonchev–Trinajstić information content (AvgIpc) is 3.35. The van der Waals surface area contributed by atoms with Crippen LogP contribution in [-0.4, -0.2) is 86.2 Å². The van der Waals surface area contributed by atoms with Gasteiger partial charge in [-0.3, -0.25) is 19.2 Å². The van der Waals surface area contributed by atoms with E-state index in [1.165, 1.54) is 23.9 Å². The van der Waals surface area contributed by atoms with E-state index >= 15 is 0 Å². The minimum absolute atomic E-state index is 0.216. The average molecular weight is 1010 g/mol. The van der Waals surface area contributed by atoms with Gasteiger partial charge in [0.1, 0.15) is 0 Å². The van der Waals surface area contributed by atoms with Gasteiger partial charge in [-0.2, -0.15) is 9.78 Å². The summed E-state index contributed by atoms with van der Waals surface area (Å²) in [4.78, 5) is 77.7. The Morgan fingerprint density at radius 2 is 1.01 bits per heavy atom. The van der Waals surface area contributed by atoms with Crippen LogP contribution >= 0.6 is 58.2 Å². The van der Waals surface area contributed by atoms with Gasteiger partial charge in [0.2, 0.25) is 11.8 Å². The second kappa shape index (κ2) is 22.1. The summed E-state index contributed by atoms with van der Waals surface area (Å²) in [6.07, 6.45) is 9.62. The van der Waals surface area contributed by atoms with E-state index in [2.05, 4.69) is 0 Å². The molecule has 0 spiro atoms. The van der Waals surface area contributed by atoms with Crippen LogP contribution in [0, 0.1) is 11.8 Å². The fourth-order valence-electron chi connectivity index (χ4n) is 8.58. The molecule has 2 saturated heterocycles. The Labute approximate surface area is 413 Å². The molecule has 2 fully saturated rings. The summed E-state index contributed by atoms with van der Waals surface area (Å²) in [5.41, 5.74) is 5.91. The number of esters is 2. The van der Waals surface area contributed by atoms with E-state index < -0.39 is 0 Å². The van der Waals surface area contributed by atoms with Gasteiger partial charge < -0.3 is 29.0 Å². The fraction of sp³-hybridized carbons (Fsp3) is 0.360. The zero-order valence-corrected chi connectivity index (χ0v) is 40.7. The number of carbonyl (C=O) groups is 4. The van der Waals surface area contributed by atoms with Gasteiger partial charge in [0, 0.05) is 83.2 Å². The number of halogens is 4. The summed E-state index contributed by atoms with van der Waals surface area (Å²) < 4.78 is 10.4. The van der Waals surface area contributed by atoms with Gasteiger partial charge in [-0.1, -0.05) is 70.3 Å². The lowest BCUT2D eigenvalue weighted by molar-refractivity contribution is -0.215. The van der Waals surface area contributed by atoms with Crippen molar-refractivity contribution in [1.29, 1.82) is 0 Å². The van der Waals surface area contributed by atoms with Gasteiger partial charge in [0.25, 0.3) is 0 Å². The van der Waals surface area contributed by atoms with E-state index in [4.69, 9.17) is 75.4 Å². The molecule has 4 aromatic carbocycles. The number of benzene rings is 4. The number of fused-ring (bicyclic) bond motifs is 2. The Bertz CT molecular complexity index is 2450. The van der Waals surface area contributed by atoms with Gasteiger partial charge in [-0.25, -0.2) is 0 Å². The first kappa shape index (κ1) is 48.7. The molecule has 0 aliphatic carbocycles. The van der Waals surface area contributed by atoms with Crippen molar-refractivity contribution in [3.05, 3.63) is 103 Å². The number of likely N-dealkylation sites (tertiary alicyclic amines) is 2. The molecule has 352 valence electrons. The number of rotatable bonds is 12. The number of nitrogens with zero attached hydrogens (tertiary/aromatic N) is 2. The molecule has 0 unspecified atom stereocenters. The van der Waals surface area contributed by atoms with Gasteiger partial charge >= 0.3 is 11.9 Å². The van der Waals surface area contributed by atoms with E-state index in [9.17, 15) is 19.2 Å².